The van der Waals surface area contributed by atoms with Crippen molar-refractivity contribution in [3.8, 4) is 28.4 Å². The molecule has 3 heterocycles. The number of nitrogens with zero attached hydrogens (tertiary/aromatic N) is 4. The maximum Gasteiger partial charge on any atom is 0.247 e. The van der Waals surface area contributed by atoms with Gasteiger partial charge in [-0.1, -0.05) is 30.8 Å². The van der Waals surface area contributed by atoms with Crippen molar-refractivity contribution < 1.29 is 9.53 Å². The topological polar surface area (TPSA) is 97.7 Å². The van der Waals surface area contributed by atoms with Crippen molar-refractivity contribution in [3.05, 3.63) is 92.0 Å². The molecule has 156 valence electrons. The number of carbonyl (C=O) groups is 1. The number of hydrogen-bond donors (Lipinski definition) is 2. The van der Waals surface area contributed by atoms with Crippen LogP contribution in [0.1, 0.15) is 0 Å². The van der Waals surface area contributed by atoms with Crippen molar-refractivity contribution in [2.75, 3.05) is 5.32 Å². The summed E-state index contributed by atoms with van der Waals surface area (Å²) in [6.07, 6.45) is 8.34. The fourth-order valence-corrected chi connectivity index (χ4v) is 3.28. The van der Waals surface area contributed by atoms with Gasteiger partial charge in [0.25, 0.3) is 0 Å². The number of benzene rings is 2. The standard InChI is InChI=1S/C24H18N6O2/c1-2-21(31)28-17-7-6-10-19(11-17)32-22-14-26-24-23(29-22)20(13-25-24)16-12-27-30(15-16)18-8-4-3-5-9-18/h2-15H,1H2,(H,25,26)(H,28,31). The van der Waals surface area contributed by atoms with Crippen LogP contribution in [-0.2, 0) is 4.79 Å². The normalized spacial score (nSPS) is 10.8. The van der Waals surface area contributed by atoms with E-state index in [0.717, 1.165) is 16.8 Å². The molecule has 32 heavy (non-hydrogen) atoms. The molecule has 0 unspecified atom stereocenters. The predicted octanol–water partition coefficient (Wildman–Crippen LogP) is 4.73. The van der Waals surface area contributed by atoms with Crippen LogP contribution in [0, 0.1) is 0 Å². The molecular formula is C24H18N6O2. The van der Waals surface area contributed by atoms with Crippen molar-refractivity contribution in [1.29, 1.82) is 0 Å². The first-order valence-corrected chi connectivity index (χ1v) is 9.85. The molecule has 0 saturated heterocycles. The number of ether oxygens (including phenoxy) is 1. The second-order valence-electron chi connectivity index (χ2n) is 6.94. The number of aromatic amines is 1. The second-order valence-corrected chi connectivity index (χ2v) is 6.94. The lowest BCUT2D eigenvalue weighted by molar-refractivity contribution is -0.111. The third kappa shape index (κ3) is 3.84. The first kappa shape index (κ1) is 19.3. The number of carbonyl (C=O) groups excluding carboxylic acids is 1. The van der Waals surface area contributed by atoms with Crippen molar-refractivity contribution in [1.82, 2.24) is 24.7 Å². The zero-order chi connectivity index (χ0) is 21.9. The zero-order valence-corrected chi connectivity index (χ0v) is 16.9. The molecule has 0 bridgehead atoms. The van der Waals surface area contributed by atoms with Gasteiger partial charge in [0.2, 0.25) is 11.8 Å². The molecule has 3 aromatic heterocycles. The molecular weight excluding hydrogens is 404 g/mol. The summed E-state index contributed by atoms with van der Waals surface area (Å²) in [7, 11) is 0. The summed E-state index contributed by atoms with van der Waals surface area (Å²) < 4.78 is 7.70. The third-order valence-corrected chi connectivity index (χ3v) is 4.78. The van der Waals surface area contributed by atoms with Gasteiger partial charge in [0.15, 0.2) is 5.65 Å². The summed E-state index contributed by atoms with van der Waals surface area (Å²) in [6, 6.07) is 16.9. The summed E-state index contributed by atoms with van der Waals surface area (Å²) >= 11 is 0. The zero-order valence-electron chi connectivity index (χ0n) is 16.9. The summed E-state index contributed by atoms with van der Waals surface area (Å²) in [5.74, 6) is 0.562. The molecule has 0 fully saturated rings. The average molecular weight is 422 g/mol. The maximum atomic E-state index is 11.5. The van der Waals surface area contributed by atoms with Crippen LogP contribution in [-0.4, -0.2) is 30.6 Å². The molecule has 0 spiro atoms. The van der Waals surface area contributed by atoms with Crippen molar-refractivity contribution in [2.45, 2.75) is 0 Å². The lowest BCUT2D eigenvalue weighted by atomic mass is 10.2. The van der Waals surface area contributed by atoms with Crippen LogP contribution < -0.4 is 10.1 Å². The van der Waals surface area contributed by atoms with Crippen LogP contribution in [0.15, 0.2) is 92.0 Å². The summed E-state index contributed by atoms with van der Waals surface area (Å²) in [4.78, 5) is 23.7. The lowest BCUT2D eigenvalue weighted by Crippen LogP contribution is -2.07. The Morgan fingerprint density at radius 3 is 2.84 bits per heavy atom. The van der Waals surface area contributed by atoms with E-state index in [-0.39, 0.29) is 5.91 Å². The fraction of sp³-hybridized carbons (Fsp3) is 0. The fourth-order valence-electron chi connectivity index (χ4n) is 3.28. The Hall–Kier alpha value is -4.72. The minimum atomic E-state index is -0.295. The minimum absolute atomic E-state index is 0.295. The molecule has 0 aliphatic carbocycles. The lowest BCUT2D eigenvalue weighted by Gasteiger charge is -2.07. The van der Waals surface area contributed by atoms with Gasteiger partial charge in [-0.15, -0.1) is 0 Å². The van der Waals surface area contributed by atoms with Gasteiger partial charge in [-0.2, -0.15) is 5.10 Å². The molecule has 0 atom stereocenters. The number of nitrogens with one attached hydrogen (secondary N) is 2. The summed E-state index contributed by atoms with van der Waals surface area (Å²) in [5, 5.41) is 7.16. The molecule has 5 rings (SSSR count). The van der Waals surface area contributed by atoms with Crippen molar-refractivity contribution in [3.63, 3.8) is 0 Å². The van der Waals surface area contributed by atoms with Crippen LogP contribution in [0.5, 0.6) is 11.6 Å². The van der Waals surface area contributed by atoms with E-state index in [1.807, 2.05) is 47.4 Å². The van der Waals surface area contributed by atoms with Gasteiger partial charge in [0.05, 0.1) is 18.1 Å². The molecule has 2 N–H and O–H groups in total. The number of amides is 1. The Bertz CT molecular complexity index is 1420. The smallest absolute Gasteiger partial charge is 0.247 e. The van der Waals surface area contributed by atoms with Gasteiger partial charge in [0, 0.05) is 35.3 Å². The summed E-state index contributed by atoms with van der Waals surface area (Å²) in [5.41, 5.74) is 4.65. The maximum absolute atomic E-state index is 11.5. The number of anilines is 1. The van der Waals surface area contributed by atoms with Gasteiger partial charge in [-0.05, 0) is 30.3 Å². The first-order valence-electron chi connectivity index (χ1n) is 9.85. The molecule has 8 heteroatoms. The molecule has 0 aliphatic heterocycles. The van der Waals surface area contributed by atoms with E-state index >= 15 is 0 Å². The molecule has 2 aromatic carbocycles. The SMILES string of the molecule is C=CC(=O)Nc1cccc(Oc2cnc3[nH]cc(-c4cnn(-c5ccccc5)c4)c3n2)c1. The van der Waals surface area contributed by atoms with Gasteiger partial charge in [-0.25, -0.2) is 14.6 Å². The highest BCUT2D eigenvalue weighted by Gasteiger charge is 2.13. The van der Waals surface area contributed by atoms with E-state index < -0.39 is 0 Å². The Balaban J connectivity index is 1.44. The van der Waals surface area contributed by atoms with E-state index in [9.17, 15) is 4.79 Å². The number of H-pyrrole nitrogens is 1. The van der Waals surface area contributed by atoms with Crippen molar-refractivity contribution >= 4 is 22.8 Å². The van der Waals surface area contributed by atoms with E-state index in [2.05, 4.69) is 31.9 Å². The van der Waals surface area contributed by atoms with Gasteiger partial charge >= 0.3 is 0 Å². The highest BCUT2D eigenvalue weighted by molar-refractivity contribution is 5.99. The number of hydrogen-bond acceptors (Lipinski definition) is 5. The number of fused-ring (bicyclic) bond motifs is 1. The Morgan fingerprint density at radius 1 is 1.12 bits per heavy atom. The molecule has 5 aromatic rings. The molecule has 0 aliphatic rings. The van der Waals surface area contributed by atoms with E-state index in [1.165, 1.54) is 6.08 Å². The highest BCUT2D eigenvalue weighted by atomic mass is 16.5. The molecule has 1 amide bonds. The molecule has 0 saturated carbocycles. The summed E-state index contributed by atoms with van der Waals surface area (Å²) in [6.45, 7) is 3.45. The molecule has 0 radical (unpaired) electrons. The van der Waals surface area contributed by atoms with Crippen LogP contribution >= 0.6 is 0 Å². The van der Waals surface area contributed by atoms with Crippen LogP contribution in [0.4, 0.5) is 5.69 Å². The highest BCUT2D eigenvalue weighted by Crippen LogP contribution is 2.29. The number of para-hydroxylation sites is 1. The third-order valence-electron chi connectivity index (χ3n) is 4.78. The van der Waals surface area contributed by atoms with Crippen LogP contribution in [0.2, 0.25) is 0 Å². The van der Waals surface area contributed by atoms with E-state index in [1.54, 1.807) is 36.7 Å². The Morgan fingerprint density at radius 2 is 2.00 bits per heavy atom. The van der Waals surface area contributed by atoms with Gasteiger partial charge in [-0.3, -0.25) is 4.79 Å². The van der Waals surface area contributed by atoms with Gasteiger partial charge in [0.1, 0.15) is 11.3 Å². The Labute approximate surface area is 183 Å². The van der Waals surface area contributed by atoms with E-state index in [4.69, 9.17) is 4.74 Å². The Kier molecular flexibility index (Phi) is 4.93. The van der Waals surface area contributed by atoms with E-state index in [0.29, 0.717) is 28.5 Å². The monoisotopic (exact) mass is 422 g/mol. The second kappa shape index (κ2) is 8.19. The largest absolute Gasteiger partial charge is 0.437 e. The minimum Gasteiger partial charge on any atom is -0.437 e. The number of rotatable bonds is 6. The first-order chi connectivity index (χ1) is 15.7. The van der Waals surface area contributed by atoms with Crippen molar-refractivity contribution in [2.24, 2.45) is 0 Å². The quantitative estimate of drug-likeness (QED) is 0.386. The average Bonchev–Trinajstić information content (AvgIpc) is 3.47. The predicted molar refractivity (Wildman–Crippen MR) is 122 cm³/mol. The molecule has 8 nitrogen and oxygen atoms in total. The van der Waals surface area contributed by atoms with Crippen LogP contribution in [0.25, 0.3) is 28.0 Å². The number of aromatic nitrogens is 5. The van der Waals surface area contributed by atoms with Gasteiger partial charge < -0.3 is 15.0 Å². The van der Waals surface area contributed by atoms with Crippen LogP contribution in [0.3, 0.4) is 0 Å².